The van der Waals surface area contributed by atoms with Crippen molar-refractivity contribution >= 4 is 27.3 Å². The Morgan fingerprint density at radius 2 is 1.69 bits per heavy atom. The lowest BCUT2D eigenvalue weighted by Crippen LogP contribution is -2.29. The third-order valence-corrected chi connectivity index (χ3v) is 8.20. The molecule has 8 heteroatoms. The molecule has 32 heavy (non-hydrogen) atoms. The lowest BCUT2D eigenvalue weighted by Gasteiger charge is -2.20. The van der Waals surface area contributed by atoms with Crippen LogP contribution in [0.1, 0.15) is 58.6 Å². The maximum Gasteiger partial charge on any atom is 0.264 e. The number of hydrogen-bond acceptors (Lipinski definition) is 5. The fourth-order valence-corrected chi connectivity index (χ4v) is 5.04. The van der Waals surface area contributed by atoms with Crippen LogP contribution in [0.3, 0.4) is 0 Å². The highest BCUT2D eigenvalue weighted by atomic mass is 32.2. The molecule has 1 N–H and O–H groups in total. The van der Waals surface area contributed by atoms with Crippen molar-refractivity contribution in [2.45, 2.75) is 37.1 Å². The average molecular weight is 473 g/mol. The number of hydroxylamine groups is 1. The van der Waals surface area contributed by atoms with Crippen molar-refractivity contribution in [1.82, 2.24) is 9.79 Å². The second kappa shape index (κ2) is 10.4. The third-order valence-electron chi connectivity index (χ3n) is 5.56. The lowest BCUT2D eigenvalue weighted by molar-refractivity contribution is -0.0258. The molecular weight excluding hydrogens is 444 g/mol. The van der Waals surface area contributed by atoms with Gasteiger partial charge in [0.1, 0.15) is 0 Å². The van der Waals surface area contributed by atoms with Gasteiger partial charge in [0.15, 0.2) is 0 Å². The maximum atomic E-state index is 13.0. The van der Waals surface area contributed by atoms with E-state index in [4.69, 9.17) is 4.84 Å². The summed E-state index contributed by atoms with van der Waals surface area (Å²) >= 11 is 1.58. The van der Waals surface area contributed by atoms with Crippen LogP contribution in [0, 0.1) is 0 Å². The van der Waals surface area contributed by atoms with Crippen LogP contribution in [-0.2, 0) is 14.9 Å². The van der Waals surface area contributed by atoms with E-state index >= 15 is 0 Å². The second-order valence-corrected chi connectivity index (χ2v) is 10.4. The molecule has 3 rings (SSSR count). The molecule has 0 saturated heterocycles. The molecule has 0 aliphatic carbocycles. The highest BCUT2D eigenvalue weighted by Crippen LogP contribution is 2.28. The largest absolute Gasteiger partial charge is 0.340 e. The molecule has 0 saturated carbocycles. The van der Waals surface area contributed by atoms with Crippen LogP contribution in [0.15, 0.2) is 70.9 Å². The summed E-state index contributed by atoms with van der Waals surface area (Å²) in [6, 6.07) is 17.8. The minimum atomic E-state index is -3.77. The van der Waals surface area contributed by atoms with Crippen LogP contribution >= 0.6 is 11.3 Å². The highest BCUT2D eigenvalue weighted by molar-refractivity contribution is 7.89. The number of hydrogen-bond donors (Lipinski definition) is 1. The van der Waals surface area contributed by atoms with E-state index in [1.54, 1.807) is 11.3 Å². The van der Waals surface area contributed by atoms with Gasteiger partial charge in [0, 0.05) is 17.5 Å². The Balaban J connectivity index is 1.84. The summed E-state index contributed by atoms with van der Waals surface area (Å²) in [6.45, 7) is 4.36. The van der Waals surface area contributed by atoms with E-state index in [0.29, 0.717) is 11.5 Å². The smallest absolute Gasteiger partial charge is 0.264 e. The van der Waals surface area contributed by atoms with Crippen LogP contribution in [0.2, 0.25) is 0 Å². The van der Waals surface area contributed by atoms with Gasteiger partial charge < -0.3 is 5.32 Å². The first kappa shape index (κ1) is 24.1. The first-order valence-corrected chi connectivity index (χ1v) is 12.7. The Hall–Kier alpha value is -2.52. The van der Waals surface area contributed by atoms with Crippen LogP contribution in [0.4, 0.5) is 0 Å². The van der Waals surface area contributed by atoms with Gasteiger partial charge in [-0.3, -0.25) is 9.63 Å². The summed E-state index contributed by atoms with van der Waals surface area (Å²) in [7, 11) is -1.17. The number of benzene rings is 2. The highest BCUT2D eigenvalue weighted by Gasteiger charge is 2.22. The predicted octanol–water partition coefficient (Wildman–Crippen LogP) is 4.96. The number of rotatable bonds is 9. The fourth-order valence-electron chi connectivity index (χ4n) is 3.27. The zero-order valence-electron chi connectivity index (χ0n) is 18.6. The molecule has 1 aromatic heterocycles. The van der Waals surface area contributed by atoms with Crippen molar-refractivity contribution in [3.05, 3.63) is 87.6 Å². The first-order chi connectivity index (χ1) is 15.3. The third kappa shape index (κ3) is 5.27. The van der Waals surface area contributed by atoms with Gasteiger partial charge >= 0.3 is 0 Å². The first-order valence-electron chi connectivity index (χ1n) is 10.3. The minimum Gasteiger partial charge on any atom is -0.340 e. The van der Waals surface area contributed by atoms with E-state index in [9.17, 15) is 13.2 Å². The molecule has 0 aliphatic rings. The molecule has 3 aromatic rings. The molecular formula is C24H28N2O4S2. The van der Waals surface area contributed by atoms with E-state index in [1.807, 2.05) is 17.5 Å². The van der Waals surface area contributed by atoms with Crippen LogP contribution in [-0.4, -0.2) is 33.0 Å². The molecule has 2 unspecified atom stereocenters. The summed E-state index contributed by atoms with van der Waals surface area (Å²) in [5, 5.41) is 5.07. The summed E-state index contributed by atoms with van der Waals surface area (Å²) in [4.78, 5) is 18.9. The number of amides is 1. The molecule has 0 bridgehead atoms. The Kier molecular flexibility index (Phi) is 7.84. The minimum absolute atomic E-state index is 0.0499. The van der Waals surface area contributed by atoms with Crippen LogP contribution in [0.25, 0.3) is 0 Å². The molecule has 170 valence electrons. The number of carbonyl (C=O) groups excluding carboxylic acids is 1. The molecule has 0 radical (unpaired) electrons. The zero-order valence-corrected chi connectivity index (χ0v) is 20.2. The van der Waals surface area contributed by atoms with Gasteiger partial charge in [-0.1, -0.05) is 48.6 Å². The molecule has 2 aromatic carbocycles. The zero-order chi connectivity index (χ0) is 23.3. The summed E-state index contributed by atoms with van der Waals surface area (Å²) in [6.07, 6.45) is 1.07. The standard InChI is InChI=1S/C24H28N2O4S2/c1-5-17(2)18-8-10-19(11-9-18)23(22-7-6-16-31-22)25-24(27)20-12-14-21(15-13-20)32(28,29)26(3)30-4/h6-17,23H,5H2,1-4H3,(H,25,27). The average Bonchev–Trinajstić information content (AvgIpc) is 3.36. The maximum absolute atomic E-state index is 13.0. The second-order valence-electron chi connectivity index (χ2n) is 7.52. The number of nitrogens with zero attached hydrogens (tertiary/aromatic N) is 1. The van der Waals surface area contributed by atoms with Gasteiger partial charge in [-0.25, -0.2) is 8.42 Å². The van der Waals surface area contributed by atoms with Gasteiger partial charge in [0.05, 0.1) is 18.0 Å². The van der Waals surface area contributed by atoms with Gasteiger partial charge in [0.25, 0.3) is 15.9 Å². The number of sulfonamides is 1. The van der Waals surface area contributed by atoms with Gasteiger partial charge in [-0.15, -0.1) is 11.3 Å². The molecule has 6 nitrogen and oxygen atoms in total. The van der Waals surface area contributed by atoms with E-state index < -0.39 is 10.0 Å². The van der Waals surface area contributed by atoms with Gasteiger partial charge in [-0.05, 0) is 59.2 Å². The summed E-state index contributed by atoms with van der Waals surface area (Å²) < 4.78 is 25.5. The molecule has 0 spiro atoms. The fraction of sp³-hybridized carbons (Fsp3) is 0.292. The Bertz CT molecular complexity index is 1130. The molecule has 2 atom stereocenters. The van der Waals surface area contributed by atoms with E-state index in [2.05, 4.69) is 43.4 Å². The monoisotopic (exact) mass is 472 g/mol. The molecule has 1 heterocycles. The summed E-state index contributed by atoms with van der Waals surface area (Å²) in [5.74, 6) is 0.198. The summed E-state index contributed by atoms with van der Waals surface area (Å²) in [5.41, 5.74) is 2.64. The van der Waals surface area contributed by atoms with Crippen molar-refractivity contribution in [3.8, 4) is 0 Å². The number of carbonyl (C=O) groups is 1. The van der Waals surface area contributed by atoms with Gasteiger partial charge in [-0.2, -0.15) is 0 Å². The quantitative estimate of drug-likeness (QED) is 0.447. The van der Waals surface area contributed by atoms with Crippen molar-refractivity contribution < 1.29 is 18.0 Å². The van der Waals surface area contributed by atoms with E-state index in [-0.39, 0.29) is 16.8 Å². The van der Waals surface area contributed by atoms with E-state index in [0.717, 1.165) is 21.3 Å². The van der Waals surface area contributed by atoms with Gasteiger partial charge in [0.2, 0.25) is 0 Å². The van der Waals surface area contributed by atoms with Crippen molar-refractivity contribution in [3.63, 3.8) is 0 Å². The predicted molar refractivity (Wildman–Crippen MR) is 127 cm³/mol. The normalized spacial score (nSPS) is 13.7. The molecule has 1 amide bonds. The molecule has 0 aliphatic heterocycles. The van der Waals surface area contributed by atoms with Crippen molar-refractivity contribution in [2.75, 3.05) is 14.2 Å². The van der Waals surface area contributed by atoms with Crippen molar-refractivity contribution in [2.24, 2.45) is 0 Å². The van der Waals surface area contributed by atoms with Crippen LogP contribution in [0.5, 0.6) is 0 Å². The molecule has 0 fully saturated rings. The van der Waals surface area contributed by atoms with E-state index in [1.165, 1.54) is 44.0 Å². The topological polar surface area (TPSA) is 75.7 Å². The number of thiophene rings is 1. The Morgan fingerprint density at radius 1 is 1.06 bits per heavy atom. The lowest BCUT2D eigenvalue weighted by atomic mass is 9.95. The van der Waals surface area contributed by atoms with Crippen LogP contribution < -0.4 is 5.32 Å². The Labute approximate surface area is 193 Å². The number of nitrogens with one attached hydrogen (secondary N) is 1. The SMILES string of the molecule is CCC(C)c1ccc(C(NC(=O)c2ccc(S(=O)(=O)N(C)OC)cc2)c2cccs2)cc1. The Morgan fingerprint density at radius 3 is 2.22 bits per heavy atom. The van der Waals surface area contributed by atoms with Crippen molar-refractivity contribution in [1.29, 1.82) is 0 Å².